The van der Waals surface area contributed by atoms with Crippen molar-refractivity contribution in [1.29, 1.82) is 0 Å². The zero-order valence-electron chi connectivity index (χ0n) is 16.1. The normalized spacial score (nSPS) is 21.2. The fraction of sp³-hybridized carbons (Fsp3) is 0.500. The Balaban J connectivity index is 1.56. The number of likely N-dealkylation sites (tertiary alicyclic amines) is 1. The van der Waals surface area contributed by atoms with Crippen LogP contribution in [0.1, 0.15) is 53.2 Å². The molecule has 1 N–H and O–H groups in total. The molecule has 2 aliphatic rings. The Labute approximate surface area is 165 Å². The van der Waals surface area contributed by atoms with Gasteiger partial charge in [0.25, 0.3) is 5.91 Å². The van der Waals surface area contributed by atoms with Crippen molar-refractivity contribution in [3.05, 3.63) is 47.3 Å². The first-order valence-electron chi connectivity index (χ1n) is 9.86. The summed E-state index contributed by atoms with van der Waals surface area (Å²) in [7, 11) is -3.55. The summed E-state index contributed by atoms with van der Waals surface area (Å²) in [5.74, 6) is -0.0576. The van der Waals surface area contributed by atoms with E-state index in [9.17, 15) is 13.2 Å². The van der Waals surface area contributed by atoms with Gasteiger partial charge in [-0.1, -0.05) is 17.7 Å². The summed E-state index contributed by atoms with van der Waals surface area (Å²) >= 11 is 0. The van der Waals surface area contributed by atoms with Crippen LogP contribution < -0.4 is 0 Å². The predicted octanol–water partition coefficient (Wildman–Crippen LogP) is 2.52. The molecule has 4 rings (SSSR count). The SMILES string of the molecule is Cc1ccc(S(=O)(=O)N2CCC[C@H](c3[nH]ncc3C(=O)N3CCCC3)C2)cc1. The lowest BCUT2D eigenvalue weighted by atomic mass is 9.93. The summed E-state index contributed by atoms with van der Waals surface area (Å²) in [6, 6.07) is 6.95. The summed E-state index contributed by atoms with van der Waals surface area (Å²) in [4.78, 5) is 15.0. The molecule has 150 valence electrons. The van der Waals surface area contributed by atoms with Gasteiger partial charge in [0.05, 0.1) is 22.3 Å². The second-order valence-corrected chi connectivity index (χ2v) is 9.65. The van der Waals surface area contributed by atoms with Gasteiger partial charge in [0, 0.05) is 32.1 Å². The van der Waals surface area contributed by atoms with Crippen molar-refractivity contribution in [1.82, 2.24) is 19.4 Å². The Morgan fingerprint density at radius 2 is 1.82 bits per heavy atom. The molecule has 1 aromatic carbocycles. The number of H-pyrrole nitrogens is 1. The number of piperidine rings is 1. The molecule has 2 aromatic rings. The van der Waals surface area contributed by atoms with E-state index < -0.39 is 10.0 Å². The van der Waals surface area contributed by atoms with Gasteiger partial charge in [-0.25, -0.2) is 8.42 Å². The smallest absolute Gasteiger partial charge is 0.257 e. The highest BCUT2D eigenvalue weighted by molar-refractivity contribution is 7.89. The van der Waals surface area contributed by atoms with Crippen molar-refractivity contribution >= 4 is 15.9 Å². The lowest BCUT2D eigenvalue weighted by Gasteiger charge is -2.32. The summed E-state index contributed by atoms with van der Waals surface area (Å²) < 4.78 is 27.7. The molecule has 2 aliphatic heterocycles. The van der Waals surface area contributed by atoms with Gasteiger partial charge in [-0.3, -0.25) is 9.89 Å². The highest BCUT2D eigenvalue weighted by Gasteiger charge is 2.34. The number of amides is 1. The average molecular weight is 403 g/mol. The van der Waals surface area contributed by atoms with Crippen molar-refractivity contribution in [2.24, 2.45) is 0 Å². The third-order valence-electron chi connectivity index (χ3n) is 5.74. The Kier molecular flexibility index (Phi) is 5.25. The highest BCUT2D eigenvalue weighted by atomic mass is 32.2. The summed E-state index contributed by atoms with van der Waals surface area (Å²) in [6.07, 6.45) is 5.24. The van der Waals surface area contributed by atoms with Gasteiger partial charge in [0.1, 0.15) is 0 Å². The van der Waals surface area contributed by atoms with Crippen molar-refractivity contribution in [3.8, 4) is 0 Å². The maximum atomic E-state index is 13.1. The van der Waals surface area contributed by atoms with Crippen LogP contribution in [0.3, 0.4) is 0 Å². The lowest BCUT2D eigenvalue weighted by molar-refractivity contribution is 0.0791. The van der Waals surface area contributed by atoms with E-state index in [-0.39, 0.29) is 11.8 Å². The summed E-state index contributed by atoms with van der Waals surface area (Å²) in [5, 5.41) is 7.08. The van der Waals surface area contributed by atoms with Crippen LogP contribution in [0, 0.1) is 6.92 Å². The molecule has 0 bridgehead atoms. The zero-order chi connectivity index (χ0) is 19.7. The maximum absolute atomic E-state index is 13.1. The van der Waals surface area contributed by atoms with Crippen LogP contribution in [0.25, 0.3) is 0 Å². The van der Waals surface area contributed by atoms with Crippen LogP contribution >= 0.6 is 0 Å². The van der Waals surface area contributed by atoms with Gasteiger partial charge in [0.15, 0.2) is 0 Å². The molecule has 2 fully saturated rings. The van der Waals surface area contributed by atoms with E-state index in [2.05, 4.69) is 10.2 Å². The first-order chi connectivity index (χ1) is 13.5. The van der Waals surface area contributed by atoms with Crippen molar-refractivity contribution in [2.75, 3.05) is 26.2 Å². The van der Waals surface area contributed by atoms with E-state index in [1.165, 1.54) is 4.31 Å². The van der Waals surface area contributed by atoms with Crippen LogP contribution in [-0.4, -0.2) is 59.9 Å². The number of hydrogen-bond donors (Lipinski definition) is 1. The van der Waals surface area contributed by atoms with E-state index >= 15 is 0 Å². The van der Waals surface area contributed by atoms with Gasteiger partial charge >= 0.3 is 0 Å². The fourth-order valence-corrected chi connectivity index (χ4v) is 5.65. The number of aryl methyl sites for hydroxylation is 1. The van der Waals surface area contributed by atoms with Gasteiger partial charge in [0.2, 0.25) is 10.0 Å². The molecular formula is C20H26N4O3S. The maximum Gasteiger partial charge on any atom is 0.257 e. The molecule has 1 amide bonds. The Morgan fingerprint density at radius 1 is 1.11 bits per heavy atom. The number of aromatic nitrogens is 2. The van der Waals surface area contributed by atoms with Crippen molar-refractivity contribution in [2.45, 2.75) is 43.4 Å². The van der Waals surface area contributed by atoms with Gasteiger partial charge in [-0.15, -0.1) is 0 Å². The lowest BCUT2D eigenvalue weighted by Crippen LogP contribution is -2.39. The monoisotopic (exact) mass is 402 g/mol. The van der Waals surface area contributed by atoms with E-state index in [1.807, 2.05) is 24.0 Å². The number of hydrogen-bond acceptors (Lipinski definition) is 4. The third-order valence-corrected chi connectivity index (χ3v) is 7.62. The first-order valence-corrected chi connectivity index (χ1v) is 11.3. The molecule has 7 nitrogen and oxygen atoms in total. The number of nitrogens with zero attached hydrogens (tertiary/aromatic N) is 3. The van der Waals surface area contributed by atoms with E-state index in [4.69, 9.17) is 0 Å². The molecule has 8 heteroatoms. The van der Waals surface area contributed by atoms with Crippen LogP contribution in [0.4, 0.5) is 0 Å². The standard InChI is InChI=1S/C20H26N4O3S/c1-15-6-8-17(9-7-15)28(26,27)24-12-4-5-16(14-24)19-18(13-21-22-19)20(25)23-10-2-3-11-23/h6-9,13,16H,2-5,10-12,14H2,1H3,(H,21,22)/t16-/m0/s1. The van der Waals surface area contributed by atoms with E-state index in [0.29, 0.717) is 23.5 Å². The fourth-order valence-electron chi connectivity index (χ4n) is 4.12. The Hall–Kier alpha value is -2.19. The molecule has 0 saturated carbocycles. The second-order valence-electron chi connectivity index (χ2n) is 7.71. The number of benzene rings is 1. The molecule has 0 radical (unpaired) electrons. The van der Waals surface area contributed by atoms with Gasteiger partial charge in [-0.2, -0.15) is 9.40 Å². The van der Waals surface area contributed by atoms with Crippen molar-refractivity contribution < 1.29 is 13.2 Å². The van der Waals surface area contributed by atoms with E-state index in [0.717, 1.165) is 50.0 Å². The summed E-state index contributed by atoms with van der Waals surface area (Å²) in [6.45, 7) is 4.35. The average Bonchev–Trinajstić information content (AvgIpc) is 3.40. The Bertz CT molecular complexity index is 946. The number of rotatable bonds is 4. The van der Waals surface area contributed by atoms with Gasteiger partial charge < -0.3 is 4.90 Å². The third kappa shape index (κ3) is 3.58. The van der Waals surface area contributed by atoms with Crippen molar-refractivity contribution in [3.63, 3.8) is 0 Å². The molecule has 28 heavy (non-hydrogen) atoms. The molecule has 0 unspecified atom stereocenters. The number of aromatic amines is 1. The summed E-state index contributed by atoms with van der Waals surface area (Å²) in [5.41, 5.74) is 2.38. The largest absolute Gasteiger partial charge is 0.339 e. The highest BCUT2D eigenvalue weighted by Crippen LogP contribution is 2.31. The minimum absolute atomic E-state index is 0.000217. The van der Waals surface area contributed by atoms with E-state index in [1.54, 1.807) is 18.3 Å². The van der Waals surface area contributed by atoms with Crippen LogP contribution in [0.5, 0.6) is 0 Å². The van der Waals surface area contributed by atoms with Crippen LogP contribution in [0.2, 0.25) is 0 Å². The van der Waals surface area contributed by atoms with Gasteiger partial charge in [-0.05, 0) is 44.7 Å². The van der Waals surface area contributed by atoms with Crippen LogP contribution in [0.15, 0.2) is 35.4 Å². The molecule has 0 spiro atoms. The topological polar surface area (TPSA) is 86.4 Å². The molecule has 2 saturated heterocycles. The minimum atomic E-state index is -3.55. The minimum Gasteiger partial charge on any atom is -0.339 e. The second kappa shape index (κ2) is 7.67. The molecule has 0 aliphatic carbocycles. The molecule has 1 aromatic heterocycles. The predicted molar refractivity (Wildman–Crippen MR) is 106 cm³/mol. The molecule has 1 atom stereocenters. The first kappa shape index (κ1) is 19.1. The number of sulfonamides is 1. The quantitative estimate of drug-likeness (QED) is 0.851. The number of carbonyl (C=O) groups is 1. The molecule has 3 heterocycles. The van der Waals surface area contributed by atoms with Crippen LogP contribution in [-0.2, 0) is 10.0 Å². The Morgan fingerprint density at radius 3 is 2.54 bits per heavy atom. The number of nitrogens with one attached hydrogen (secondary N) is 1. The number of carbonyl (C=O) groups excluding carboxylic acids is 1. The zero-order valence-corrected chi connectivity index (χ0v) is 16.9. The molecular weight excluding hydrogens is 376 g/mol.